The number of methoxy groups -OCH3 is 1. The lowest BCUT2D eigenvalue weighted by molar-refractivity contribution is -0.0726. The zero-order valence-corrected chi connectivity index (χ0v) is 8.93. The Morgan fingerprint density at radius 2 is 2.29 bits per heavy atom. The van der Waals surface area contributed by atoms with Gasteiger partial charge >= 0.3 is 0 Å². The molecule has 2 unspecified atom stereocenters. The number of nitrogens with zero attached hydrogens (tertiary/aromatic N) is 4. The van der Waals surface area contributed by atoms with Gasteiger partial charge in [-0.3, -0.25) is 0 Å². The van der Waals surface area contributed by atoms with Crippen molar-refractivity contribution in [3.05, 3.63) is 5.82 Å². The standard InChI is InChI=1S/C8H16N4O2/c1-6(14-4)8(2,13)5-7-9-11-12(3)10-7/h6,13H,5H2,1-4H3. The van der Waals surface area contributed by atoms with Crippen LogP contribution in [-0.2, 0) is 18.2 Å². The third-order valence-corrected chi connectivity index (χ3v) is 2.30. The molecule has 2 atom stereocenters. The second-order valence-electron chi connectivity index (χ2n) is 3.61. The van der Waals surface area contributed by atoms with Crippen molar-refractivity contribution >= 4 is 0 Å². The van der Waals surface area contributed by atoms with Crippen molar-refractivity contribution in [2.24, 2.45) is 7.05 Å². The van der Waals surface area contributed by atoms with E-state index in [-0.39, 0.29) is 6.10 Å². The number of hydrogen-bond acceptors (Lipinski definition) is 5. The predicted molar refractivity (Wildman–Crippen MR) is 49.6 cm³/mol. The SMILES string of the molecule is COC(C)C(C)(O)Cc1nnn(C)n1. The van der Waals surface area contributed by atoms with Crippen molar-refractivity contribution in [1.29, 1.82) is 0 Å². The fraction of sp³-hybridized carbons (Fsp3) is 0.875. The number of tetrazole rings is 1. The largest absolute Gasteiger partial charge is 0.387 e. The average molecular weight is 200 g/mol. The first kappa shape index (κ1) is 11.1. The van der Waals surface area contributed by atoms with Crippen LogP contribution in [0, 0.1) is 0 Å². The quantitative estimate of drug-likeness (QED) is 0.712. The average Bonchev–Trinajstić information content (AvgIpc) is 2.48. The molecule has 0 saturated carbocycles. The van der Waals surface area contributed by atoms with Gasteiger partial charge in [-0.1, -0.05) is 0 Å². The fourth-order valence-corrected chi connectivity index (χ4v) is 1.11. The van der Waals surface area contributed by atoms with Gasteiger partial charge in [-0.05, 0) is 19.1 Å². The van der Waals surface area contributed by atoms with Crippen LogP contribution in [0.2, 0.25) is 0 Å². The van der Waals surface area contributed by atoms with E-state index in [1.807, 2.05) is 0 Å². The molecule has 0 bridgehead atoms. The lowest BCUT2D eigenvalue weighted by atomic mass is 9.96. The third kappa shape index (κ3) is 2.49. The maximum absolute atomic E-state index is 10.0. The molecule has 0 saturated heterocycles. The van der Waals surface area contributed by atoms with Crippen LogP contribution in [-0.4, -0.2) is 44.1 Å². The molecule has 1 N–H and O–H groups in total. The van der Waals surface area contributed by atoms with Gasteiger partial charge in [0.2, 0.25) is 0 Å². The van der Waals surface area contributed by atoms with Crippen molar-refractivity contribution in [2.45, 2.75) is 32.0 Å². The number of aliphatic hydroxyl groups is 1. The third-order valence-electron chi connectivity index (χ3n) is 2.30. The smallest absolute Gasteiger partial charge is 0.177 e. The van der Waals surface area contributed by atoms with Gasteiger partial charge in [-0.2, -0.15) is 4.80 Å². The molecule has 1 aromatic rings. The Hall–Kier alpha value is -1.01. The highest BCUT2D eigenvalue weighted by atomic mass is 16.5. The molecule has 0 aliphatic rings. The van der Waals surface area contributed by atoms with E-state index in [1.165, 1.54) is 4.80 Å². The highest BCUT2D eigenvalue weighted by molar-refractivity contribution is 4.91. The van der Waals surface area contributed by atoms with E-state index in [2.05, 4.69) is 15.4 Å². The maximum Gasteiger partial charge on any atom is 0.177 e. The van der Waals surface area contributed by atoms with Crippen LogP contribution in [0.4, 0.5) is 0 Å². The summed E-state index contributed by atoms with van der Waals surface area (Å²) in [6.45, 7) is 3.49. The summed E-state index contributed by atoms with van der Waals surface area (Å²) in [6.07, 6.45) is 0.0573. The minimum absolute atomic E-state index is 0.272. The monoisotopic (exact) mass is 200 g/mol. The number of rotatable bonds is 4. The van der Waals surface area contributed by atoms with E-state index in [0.717, 1.165) is 0 Å². The molecule has 0 amide bonds. The summed E-state index contributed by atoms with van der Waals surface area (Å²) in [4.78, 5) is 1.36. The van der Waals surface area contributed by atoms with Crippen LogP contribution in [0.25, 0.3) is 0 Å². The lowest BCUT2D eigenvalue weighted by Crippen LogP contribution is -2.40. The molecular formula is C8H16N4O2. The Kier molecular flexibility index (Phi) is 3.17. The van der Waals surface area contributed by atoms with E-state index in [9.17, 15) is 5.11 Å². The van der Waals surface area contributed by atoms with Gasteiger partial charge in [0.15, 0.2) is 5.82 Å². The highest BCUT2D eigenvalue weighted by Crippen LogP contribution is 2.16. The van der Waals surface area contributed by atoms with Gasteiger partial charge in [0.1, 0.15) is 0 Å². The van der Waals surface area contributed by atoms with E-state index in [4.69, 9.17) is 4.74 Å². The number of aryl methyl sites for hydroxylation is 1. The molecule has 0 radical (unpaired) electrons. The van der Waals surface area contributed by atoms with Crippen LogP contribution >= 0.6 is 0 Å². The number of aromatic nitrogens is 4. The Morgan fingerprint density at radius 1 is 1.64 bits per heavy atom. The Labute approximate surface area is 82.9 Å². The molecule has 1 heterocycles. The first-order valence-corrected chi connectivity index (χ1v) is 4.44. The molecule has 0 spiro atoms. The second kappa shape index (κ2) is 4.02. The zero-order chi connectivity index (χ0) is 10.8. The summed E-state index contributed by atoms with van der Waals surface area (Å²) in [5.74, 6) is 0.515. The van der Waals surface area contributed by atoms with Crippen molar-refractivity contribution in [2.75, 3.05) is 7.11 Å². The molecule has 80 valence electrons. The maximum atomic E-state index is 10.0. The number of hydrogen-bond donors (Lipinski definition) is 1. The minimum Gasteiger partial charge on any atom is -0.387 e. The van der Waals surface area contributed by atoms with E-state index in [1.54, 1.807) is 28.0 Å². The molecule has 0 fully saturated rings. The van der Waals surface area contributed by atoms with E-state index >= 15 is 0 Å². The Bertz CT molecular complexity index is 297. The van der Waals surface area contributed by atoms with Crippen LogP contribution in [0.3, 0.4) is 0 Å². The van der Waals surface area contributed by atoms with E-state index in [0.29, 0.717) is 12.2 Å². The van der Waals surface area contributed by atoms with Gasteiger partial charge < -0.3 is 9.84 Å². The van der Waals surface area contributed by atoms with Crippen molar-refractivity contribution in [3.8, 4) is 0 Å². The van der Waals surface area contributed by atoms with Crippen molar-refractivity contribution in [1.82, 2.24) is 20.2 Å². The molecular weight excluding hydrogens is 184 g/mol. The number of ether oxygens (including phenoxy) is 1. The van der Waals surface area contributed by atoms with Crippen LogP contribution in [0.5, 0.6) is 0 Å². The van der Waals surface area contributed by atoms with Gasteiger partial charge in [0.05, 0.1) is 18.8 Å². The summed E-state index contributed by atoms with van der Waals surface area (Å²) in [5.41, 5.74) is -0.974. The molecule has 1 aromatic heterocycles. The topological polar surface area (TPSA) is 73.1 Å². The first-order valence-electron chi connectivity index (χ1n) is 4.44. The minimum atomic E-state index is -0.974. The van der Waals surface area contributed by atoms with Crippen molar-refractivity contribution < 1.29 is 9.84 Å². The summed E-state index contributed by atoms with van der Waals surface area (Å²) >= 11 is 0. The molecule has 14 heavy (non-hydrogen) atoms. The fourth-order valence-electron chi connectivity index (χ4n) is 1.11. The molecule has 6 nitrogen and oxygen atoms in total. The van der Waals surface area contributed by atoms with Gasteiger partial charge in [-0.25, -0.2) is 0 Å². The highest BCUT2D eigenvalue weighted by Gasteiger charge is 2.30. The molecule has 0 aliphatic carbocycles. The van der Waals surface area contributed by atoms with Gasteiger partial charge in [-0.15, -0.1) is 10.2 Å². The van der Waals surface area contributed by atoms with Crippen LogP contribution in [0.15, 0.2) is 0 Å². The molecule has 1 rings (SSSR count). The van der Waals surface area contributed by atoms with Gasteiger partial charge in [0.25, 0.3) is 0 Å². The normalized spacial score (nSPS) is 17.8. The molecule has 6 heteroatoms. The molecule has 0 aromatic carbocycles. The summed E-state index contributed by atoms with van der Waals surface area (Å²) in [5, 5.41) is 21.5. The van der Waals surface area contributed by atoms with Crippen LogP contribution < -0.4 is 0 Å². The predicted octanol–water partition coefficient (Wildman–Crippen LogP) is -0.462. The summed E-state index contributed by atoms with van der Waals surface area (Å²) in [6, 6.07) is 0. The van der Waals surface area contributed by atoms with Crippen LogP contribution in [0.1, 0.15) is 19.7 Å². The first-order chi connectivity index (χ1) is 6.45. The second-order valence-corrected chi connectivity index (χ2v) is 3.61. The van der Waals surface area contributed by atoms with Crippen molar-refractivity contribution in [3.63, 3.8) is 0 Å². The van der Waals surface area contributed by atoms with Gasteiger partial charge in [0, 0.05) is 13.5 Å². The lowest BCUT2D eigenvalue weighted by Gasteiger charge is -2.27. The Morgan fingerprint density at radius 3 is 2.71 bits per heavy atom. The van der Waals surface area contributed by atoms with E-state index < -0.39 is 5.60 Å². The summed E-state index contributed by atoms with van der Waals surface area (Å²) in [7, 11) is 3.24. The zero-order valence-electron chi connectivity index (χ0n) is 8.93. The Balaban J connectivity index is 2.67. The molecule has 0 aliphatic heterocycles. The summed E-state index contributed by atoms with van der Waals surface area (Å²) < 4.78 is 5.06.